The lowest BCUT2D eigenvalue weighted by molar-refractivity contribution is -0.117. The average Bonchev–Trinajstić information content (AvgIpc) is 2.81. The van der Waals surface area contributed by atoms with E-state index in [1.807, 2.05) is 0 Å². The number of carbonyl (C=O) groups excluding carboxylic acids is 2. The Kier molecular flexibility index (Phi) is 6.66. The number of nitrogens with one attached hydrogen (secondary N) is 2. The summed E-state index contributed by atoms with van der Waals surface area (Å²) >= 11 is 0. The van der Waals surface area contributed by atoms with Crippen LogP contribution in [0.3, 0.4) is 0 Å². The van der Waals surface area contributed by atoms with Gasteiger partial charge in [0, 0.05) is 18.0 Å². The van der Waals surface area contributed by atoms with Crippen molar-refractivity contribution in [3.05, 3.63) is 70.2 Å². The van der Waals surface area contributed by atoms with Crippen LogP contribution in [0.2, 0.25) is 0 Å². The molecular formula is C22H22N4O5. The van der Waals surface area contributed by atoms with E-state index in [1.54, 1.807) is 55.5 Å². The number of benzene rings is 2. The predicted octanol–water partition coefficient (Wildman–Crippen LogP) is 1.91. The molecule has 0 bridgehead atoms. The Morgan fingerprint density at radius 3 is 2.42 bits per heavy atom. The van der Waals surface area contributed by atoms with Crippen LogP contribution in [0, 0.1) is 0 Å². The molecule has 2 N–H and O–H groups in total. The molecule has 0 spiro atoms. The molecule has 0 aliphatic carbocycles. The highest BCUT2D eigenvalue weighted by molar-refractivity contribution is 6.05. The molecule has 3 aromatic rings. The zero-order valence-electron chi connectivity index (χ0n) is 17.3. The minimum atomic E-state index is -0.633. The highest BCUT2D eigenvalue weighted by Gasteiger charge is 2.16. The largest absolute Gasteiger partial charge is 0.493 e. The normalized spacial score (nSPS) is 10.8. The number of ether oxygens (including phenoxy) is 2. The standard InChI is InChI=1S/C22H22N4O5/c1-4-26-22(29)16-8-6-5-7-15(16)20(25-26)21(28)24-23-19(27)12-10-14-9-11-17(30-2)18(13-14)31-3/h5-13H,4H2,1-3H3,(H,23,27)(H,24,28)/b12-10+. The number of nitrogens with zero attached hydrogens (tertiary/aromatic N) is 2. The first-order valence-electron chi connectivity index (χ1n) is 9.48. The Bertz CT molecular complexity index is 1220. The first-order chi connectivity index (χ1) is 15.0. The molecule has 0 saturated carbocycles. The van der Waals surface area contributed by atoms with Gasteiger partial charge in [0.1, 0.15) is 0 Å². The van der Waals surface area contributed by atoms with Crippen LogP contribution in [0.5, 0.6) is 11.5 Å². The lowest BCUT2D eigenvalue weighted by Crippen LogP contribution is -2.42. The molecule has 31 heavy (non-hydrogen) atoms. The van der Waals surface area contributed by atoms with Crippen LogP contribution in [0.25, 0.3) is 16.8 Å². The van der Waals surface area contributed by atoms with Crippen LogP contribution in [0.1, 0.15) is 23.0 Å². The molecule has 0 saturated heterocycles. The summed E-state index contributed by atoms with van der Waals surface area (Å²) in [5, 5.41) is 4.91. The van der Waals surface area contributed by atoms with Gasteiger partial charge in [-0.05, 0) is 36.8 Å². The minimum Gasteiger partial charge on any atom is -0.493 e. The third-order valence-corrected chi connectivity index (χ3v) is 4.52. The molecule has 9 heteroatoms. The summed E-state index contributed by atoms with van der Waals surface area (Å²) in [4.78, 5) is 37.1. The van der Waals surface area contributed by atoms with Gasteiger partial charge in [-0.1, -0.05) is 24.3 Å². The van der Waals surface area contributed by atoms with Gasteiger partial charge in [0.15, 0.2) is 17.2 Å². The van der Waals surface area contributed by atoms with E-state index in [4.69, 9.17) is 9.47 Å². The van der Waals surface area contributed by atoms with Crippen molar-refractivity contribution in [3.8, 4) is 11.5 Å². The molecule has 1 heterocycles. The molecule has 1 aromatic heterocycles. The third-order valence-electron chi connectivity index (χ3n) is 4.52. The van der Waals surface area contributed by atoms with E-state index in [2.05, 4.69) is 16.0 Å². The molecule has 2 aromatic carbocycles. The number of hydrogen-bond acceptors (Lipinski definition) is 6. The van der Waals surface area contributed by atoms with Crippen LogP contribution >= 0.6 is 0 Å². The second-order valence-electron chi connectivity index (χ2n) is 6.41. The van der Waals surface area contributed by atoms with E-state index < -0.39 is 11.8 Å². The number of methoxy groups -OCH3 is 2. The molecule has 0 aliphatic rings. The number of amides is 2. The zero-order chi connectivity index (χ0) is 22.4. The van der Waals surface area contributed by atoms with Gasteiger partial charge < -0.3 is 9.47 Å². The van der Waals surface area contributed by atoms with Crippen molar-refractivity contribution in [1.29, 1.82) is 0 Å². The Balaban J connectivity index is 1.73. The molecule has 0 atom stereocenters. The van der Waals surface area contributed by atoms with E-state index in [9.17, 15) is 14.4 Å². The maximum absolute atomic E-state index is 12.6. The van der Waals surface area contributed by atoms with Crippen molar-refractivity contribution < 1.29 is 19.1 Å². The zero-order valence-corrected chi connectivity index (χ0v) is 17.3. The second-order valence-corrected chi connectivity index (χ2v) is 6.41. The maximum atomic E-state index is 12.6. The first-order valence-corrected chi connectivity index (χ1v) is 9.48. The monoisotopic (exact) mass is 422 g/mol. The predicted molar refractivity (Wildman–Crippen MR) is 116 cm³/mol. The summed E-state index contributed by atoms with van der Waals surface area (Å²) in [6.07, 6.45) is 2.83. The Hall–Kier alpha value is -4.14. The molecule has 9 nitrogen and oxygen atoms in total. The fraction of sp³-hybridized carbons (Fsp3) is 0.182. The fourth-order valence-corrected chi connectivity index (χ4v) is 2.96. The van der Waals surface area contributed by atoms with Crippen LogP contribution in [0.4, 0.5) is 0 Å². The lowest BCUT2D eigenvalue weighted by Gasteiger charge is -2.10. The summed E-state index contributed by atoms with van der Waals surface area (Å²) < 4.78 is 11.6. The maximum Gasteiger partial charge on any atom is 0.290 e. The molecule has 0 radical (unpaired) electrons. The topological polar surface area (TPSA) is 112 Å². The van der Waals surface area contributed by atoms with Crippen molar-refractivity contribution in [1.82, 2.24) is 20.6 Å². The van der Waals surface area contributed by atoms with Gasteiger partial charge >= 0.3 is 0 Å². The van der Waals surface area contributed by atoms with Gasteiger partial charge in [-0.2, -0.15) is 5.10 Å². The van der Waals surface area contributed by atoms with Crippen molar-refractivity contribution in [2.24, 2.45) is 0 Å². The molecule has 160 valence electrons. The van der Waals surface area contributed by atoms with Crippen molar-refractivity contribution in [2.45, 2.75) is 13.5 Å². The van der Waals surface area contributed by atoms with Crippen molar-refractivity contribution >= 4 is 28.7 Å². The van der Waals surface area contributed by atoms with E-state index in [-0.39, 0.29) is 11.3 Å². The molecule has 3 rings (SSSR count). The number of aryl methyl sites for hydroxylation is 1. The number of fused-ring (bicyclic) bond motifs is 1. The molecule has 2 amide bonds. The number of rotatable bonds is 6. The lowest BCUT2D eigenvalue weighted by atomic mass is 10.1. The van der Waals surface area contributed by atoms with Gasteiger partial charge in [-0.25, -0.2) is 4.68 Å². The molecular weight excluding hydrogens is 400 g/mol. The summed E-state index contributed by atoms with van der Waals surface area (Å²) in [6.45, 7) is 2.07. The highest BCUT2D eigenvalue weighted by Crippen LogP contribution is 2.27. The van der Waals surface area contributed by atoms with Crippen molar-refractivity contribution in [3.63, 3.8) is 0 Å². The highest BCUT2D eigenvalue weighted by atomic mass is 16.5. The molecule has 0 unspecified atom stereocenters. The summed E-state index contributed by atoms with van der Waals surface area (Å²) in [5.74, 6) is -0.0746. The Morgan fingerprint density at radius 2 is 1.74 bits per heavy atom. The molecule has 0 fully saturated rings. The van der Waals surface area contributed by atoms with Gasteiger partial charge in [-0.15, -0.1) is 0 Å². The van der Waals surface area contributed by atoms with Crippen LogP contribution in [-0.2, 0) is 11.3 Å². The molecule has 0 aliphatic heterocycles. The Labute approximate surface area is 178 Å². The number of hydrogen-bond donors (Lipinski definition) is 2. The third kappa shape index (κ3) is 4.72. The smallest absolute Gasteiger partial charge is 0.290 e. The summed E-state index contributed by atoms with van der Waals surface area (Å²) in [5.41, 5.74) is 5.11. The average molecular weight is 422 g/mol. The van der Waals surface area contributed by atoms with Gasteiger partial charge in [-0.3, -0.25) is 25.2 Å². The SMILES string of the molecule is CCn1nc(C(=O)NNC(=O)/C=C/c2ccc(OC)c(OC)c2)c2ccccc2c1=O. The summed E-state index contributed by atoms with van der Waals surface area (Å²) in [6, 6.07) is 11.9. The quantitative estimate of drug-likeness (QED) is 0.464. The van der Waals surface area contributed by atoms with E-state index in [1.165, 1.54) is 25.0 Å². The van der Waals surface area contributed by atoms with Gasteiger partial charge in [0.05, 0.1) is 19.6 Å². The van der Waals surface area contributed by atoms with E-state index >= 15 is 0 Å². The second kappa shape index (κ2) is 9.57. The summed E-state index contributed by atoms with van der Waals surface area (Å²) in [7, 11) is 3.06. The van der Waals surface area contributed by atoms with E-state index in [0.29, 0.717) is 34.4 Å². The van der Waals surface area contributed by atoms with Crippen LogP contribution in [-0.4, -0.2) is 35.8 Å². The number of hydrazine groups is 1. The number of carbonyl (C=O) groups is 2. The van der Waals surface area contributed by atoms with E-state index in [0.717, 1.165) is 0 Å². The van der Waals surface area contributed by atoms with Crippen LogP contribution in [0.15, 0.2) is 53.3 Å². The number of aromatic nitrogens is 2. The van der Waals surface area contributed by atoms with Crippen LogP contribution < -0.4 is 25.9 Å². The van der Waals surface area contributed by atoms with Gasteiger partial charge in [0.2, 0.25) is 0 Å². The Morgan fingerprint density at radius 1 is 1.03 bits per heavy atom. The van der Waals surface area contributed by atoms with Crippen molar-refractivity contribution in [2.75, 3.05) is 14.2 Å². The minimum absolute atomic E-state index is 0.0428. The van der Waals surface area contributed by atoms with Gasteiger partial charge in [0.25, 0.3) is 17.4 Å². The fourth-order valence-electron chi connectivity index (χ4n) is 2.96. The first kappa shape index (κ1) is 21.6.